The van der Waals surface area contributed by atoms with Crippen LogP contribution in [0.4, 0.5) is 0 Å². The van der Waals surface area contributed by atoms with E-state index in [1.807, 2.05) is 0 Å². The van der Waals surface area contributed by atoms with Gasteiger partial charge in [-0.3, -0.25) is 0 Å². The smallest absolute Gasteiger partial charge is 0.0569 e. The normalized spacial score (nSPS) is 12.1. The maximum absolute atomic E-state index is 2.31. The van der Waals surface area contributed by atoms with Crippen LogP contribution in [-0.4, -0.2) is 12.3 Å². The summed E-state index contributed by atoms with van der Waals surface area (Å²) in [6.07, 6.45) is 77.8. The zero-order valence-electron chi connectivity index (χ0n) is 39.8. The lowest BCUT2D eigenvalue weighted by Gasteiger charge is -2.04. The van der Waals surface area contributed by atoms with E-state index in [0.717, 1.165) is 8.27 Å². The van der Waals surface area contributed by atoms with Gasteiger partial charge in [0.15, 0.2) is 0 Å². The minimum atomic E-state index is 0.786. The summed E-state index contributed by atoms with van der Waals surface area (Å²) < 4.78 is 0. The molecule has 338 valence electrons. The zero-order valence-corrected chi connectivity index (χ0v) is 42.0. The first-order valence-corrected chi connectivity index (χ1v) is 31.3. The monoisotopic (exact) mass is 824 g/mol. The minimum absolute atomic E-state index is 0.786. The van der Waals surface area contributed by atoms with Gasteiger partial charge in [-0.25, -0.2) is 0 Å². The van der Waals surface area contributed by atoms with Gasteiger partial charge in [0.2, 0.25) is 0 Å². The summed E-state index contributed by atoms with van der Waals surface area (Å²) in [5.41, 5.74) is 0. The van der Waals surface area contributed by atoms with Gasteiger partial charge in [-0.05, 0) is 25.4 Å². The molecule has 0 radical (unpaired) electrons. The molecule has 0 rings (SSSR count). The predicted octanol–water partition coefficient (Wildman–Crippen LogP) is 21.5. The number of rotatable bonds is 53. The lowest BCUT2D eigenvalue weighted by atomic mass is 10.0. The first-order chi connectivity index (χ1) is 27.9. The van der Waals surface area contributed by atoms with Gasteiger partial charge in [-0.1, -0.05) is 316 Å². The largest absolute Gasteiger partial charge is 0.0654 e. The molecule has 0 aliphatic heterocycles. The van der Waals surface area contributed by atoms with E-state index in [-0.39, 0.29) is 0 Å². The Morgan fingerprint density at radius 2 is 0.357 bits per heavy atom. The maximum atomic E-state index is 2.31. The Morgan fingerprint density at radius 1 is 0.196 bits per heavy atom. The van der Waals surface area contributed by atoms with Gasteiger partial charge in [0, 0.05) is 16.5 Å². The zero-order chi connectivity index (χ0) is 40.2. The highest BCUT2D eigenvalue weighted by Crippen LogP contribution is 2.38. The van der Waals surface area contributed by atoms with Gasteiger partial charge in [-0.2, -0.15) is 0 Å². The highest BCUT2D eigenvalue weighted by molar-refractivity contribution is 8.11. The number of unbranched alkanes of at least 4 members (excludes halogenated alkanes) is 48. The summed E-state index contributed by atoms with van der Waals surface area (Å²) >= 11 is 0. The van der Waals surface area contributed by atoms with Gasteiger partial charge >= 0.3 is 0 Å². The second-order valence-corrected chi connectivity index (χ2v) is 23.3. The fraction of sp³-hybridized carbons (Fsp3) is 1.00. The molecule has 2 heteroatoms. The molecule has 0 saturated heterocycles. The van der Waals surface area contributed by atoms with Crippen LogP contribution in [0.2, 0.25) is 0 Å². The molecule has 0 aromatic carbocycles. The topological polar surface area (TPSA) is 0 Å². The molecule has 0 nitrogen and oxygen atoms in total. The van der Waals surface area contributed by atoms with Gasteiger partial charge in [0.05, 0.1) is 6.16 Å². The molecule has 2 atom stereocenters. The first-order valence-electron chi connectivity index (χ1n) is 27.5. The fourth-order valence-electron chi connectivity index (χ4n) is 8.96. The third-order valence-corrected chi connectivity index (χ3v) is 17.2. The van der Waals surface area contributed by atoms with Crippen molar-refractivity contribution in [3.05, 3.63) is 0 Å². The van der Waals surface area contributed by atoms with Gasteiger partial charge in [0.25, 0.3) is 0 Å². The van der Waals surface area contributed by atoms with E-state index in [1.54, 1.807) is 18.7 Å². The molecule has 0 spiro atoms. The molecule has 0 fully saturated rings. The molecule has 0 bridgehead atoms. The Bertz CT molecular complexity index is 580. The van der Waals surface area contributed by atoms with Crippen LogP contribution in [0.3, 0.4) is 0 Å². The molecule has 56 heavy (non-hydrogen) atoms. The number of hydrogen-bond donors (Lipinski definition) is 0. The van der Waals surface area contributed by atoms with E-state index in [1.165, 1.54) is 323 Å². The van der Waals surface area contributed by atoms with Gasteiger partial charge in [0.1, 0.15) is 0 Å². The summed E-state index contributed by atoms with van der Waals surface area (Å²) in [5, 5.41) is 0. The Kier molecular flexibility index (Phi) is 56.7. The molecule has 0 aromatic heterocycles. The molecule has 0 aliphatic rings. The van der Waals surface area contributed by atoms with Crippen molar-refractivity contribution in [2.45, 2.75) is 335 Å². The van der Waals surface area contributed by atoms with Crippen LogP contribution >= 0.6 is 16.5 Å². The highest BCUT2D eigenvalue weighted by atomic mass is 32.0. The quantitative estimate of drug-likeness (QED) is 0.0423. The molecule has 0 N–H and O–H groups in total. The second kappa shape index (κ2) is 55.9. The second-order valence-electron chi connectivity index (χ2n) is 18.9. The Morgan fingerprint density at radius 3 is 0.554 bits per heavy atom. The average molecular weight is 824 g/mol. The third kappa shape index (κ3) is 54.9. The van der Waals surface area contributed by atoms with Crippen molar-refractivity contribution < 1.29 is 0 Å². The summed E-state index contributed by atoms with van der Waals surface area (Å²) in [4.78, 5) is 0. The van der Waals surface area contributed by atoms with E-state index in [9.17, 15) is 0 Å². The van der Waals surface area contributed by atoms with E-state index in [4.69, 9.17) is 0 Å². The molecular formula is C54H113P2+. The Hall–Kier alpha value is 0.860. The standard InChI is InChI=1S/C54H112P2/c1-3-5-7-9-11-13-15-17-19-21-23-25-27-29-31-33-35-37-39-41-43-45-47-49-51-53-55-56-54-52-50-48-46-44-42-40-38-36-34-32-30-28-26-24-22-20-18-16-14-12-10-8-6-4-2/h55-56H,3-54H2,1-2H3/p+1. The van der Waals surface area contributed by atoms with Crippen molar-refractivity contribution in [3.63, 3.8) is 0 Å². The van der Waals surface area contributed by atoms with Crippen LogP contribution in [0.5, 0.6) is 0 Å². The average Bonchev–Trinajstić information content (AvgIpc) is 3.21. The van der Waals surface area contributed by atoms with Crippen molar-refractivity contribution in [2.75, 3.05) is 12.3 Å². The van der Waals surface area contributed by atoms with Crippen LogP contribution in [0.15, 0.2) is 0 Å². The van der Waals surface area contributed by atoms with Crippen molar-refractivity contribution in [3.8, 4) is 0 Å². The molecule has 0 amide bonds. The predicted molar refractivity (Wildman–Crippen MR) is 270 cm³/mol. The molecule has 0 heterocycles. The Labute approximate surface area is 362 Å². The van der Waals surface area contributed by atoms with Crippen LogP contribution in [-0.2, 0) is 0 Å². The molecular weight excluding hydrogens is 711 g/mol. The summed E-state index contributed by atoms with van der Waals surface area (Å²) in [7, 11) is 2.12. The summed E-state index contributed by atoms with van der Waals surface area (Å²) in [6.45, 7) is 4.63. The maximum Gasteiger partial charge on any atom is 0.0569 e. The fourth-order valence-corrected chi connectivity index (χ4v) is 12.8. The Balaban J connectivity index is 3.05. The molecule has 0 aromatic rings. The van der Waals surface area contributed by atoms with Crippen LogP contribution in [0, 0.1) is 0 Å². The van der Waals surface area contributed by atoms with Gasteiger partial charge < -0.3 is 0 Å². The van der Waals surface area contributed by atoms with E-state index >= 15 is 0 Å². The van der Waals surface area contributed by atoms with Crippen LogP contribution < -0.4 is 0 Å². The lowest BCUT2D eigenvalue weighted by molar-refractivity contribution is 0.517. The van der Waals surface area contributed by atoms with Crippen molar-refractivity contribution in [2.24, 2.45) is 0 Å². The van der Waals surface area contributed by atoms with Crippen LogP contribution in [0.25, 0.3) is 0 Å². The molecule has 2 unspecified atom stereocenters. The first kappa shape index (κ1) is 56.9. The van der Waals surface area contributed by atoms with E-state index < -0.39 is 0 Å². The van der Waals surface area contributed by atoms with E-state index in [0.29, 0.717) is 0 Å². The minimum Gasteiger partial charge on any atom is -0.0654 e. The van der Waals surface area contributed by atoms with E-state index in [2.05, 4.69) is 13.8 Å². The number of hydrogen-bond acceptors (Lipinski definition) is 0. The highest BCUT2D eigenvalue weighted by Gasteiger charge is 2.00. The van der Waals surface area contributed by atoms with Crippen molar-refractivity contribution >= 4 is 16.5 Å². The van der Waals surface area contributed by atoms with Gasteiger partial charge in [-0.15, -0.1) is 0 Å². The van der Waals surface area contributed by atoms with Crippen LogP contribution in [0.1, 0.15) is 335 Å². The summed E-state index contributed by atoms with van der Waals surface area (Å²) in [6, 6.07) is 0. The SMILES string of the molecule is CCCCCCCCCCCCCCCCCCCCCCCCCCCP[PH2+]CCCCCCCCCCCCCCCCCCCCCCCCCCC. The third-order valence-electron chi connectivity index (χ3n) is 13.0. The molecule has 0 aliphatic carbocycles. The summed E-state index contributed by atoms with van der Waals surface area (Å²) in [5.74, 6) is 0. The van der Waals surface area contributed by atoms with Crippen molar-refractivity contribution in [1.29, 1.82) is 0 Å². The lowest BCUT2D eigenvalue weighted by Crippen LogP contribution is -1.85. The molecule has 0 saturated carbocycles. The van der Waals surface area contributed by atoms with Crippen molar-refractivity contribution in [1.82, 2.24) is 0 Å².